The molecule has 2 N–H and O–H groups in total. The molecular formula is C12H19N3O4. The van der Waals surface area contributed by atoms with Crippen LogP contribution in [0.3, 0.4) is 0 Å². The van der Waals surface area contributed by atoms with Gasteiger partial charge in [0, 0.05) is 32.6 Å². The summed E-state index contributed by atoms with van der Waals surface area (Å²) in [4.78, 5) is 37.8. The molecule has 2 aliphatic heterocycles. The molecule has 2 heterocycles. The average molecular weight is 269 g/mol. The van der Waals surface area contributed by atoms with Gasteiger partial charge in [0.25, 0.3) is 0 Å². The number of carboxylic acid groups (broad SMARTS) is 1. The molecule has 2 rings (SSSR count). The number of likely N-dealkylation sites (tertiary alicyclic amines) is 1. The topological polar surface area (TPSA) is 90.0 Å². The minimum Gasteiger partial charge on any atom is -0.480 e. The summed E-state index contributed by atoms with van der Waals surface area (Å²) >= 11 is 0. The van der Waals surface area contributed by atoms with Crippen molar-refractivity contribution in [1.29, 1.82) is 0 Å². The van der Waals surface area contributed by atoms with Crippen molar-refractivity contribution in [3.8, 4) is 0 Å². The molecule has 0 spiro atoms. The second kappa shape index (κ2) is 5.46. The lowest BCUT2D eigenvalue weighted by Gasteiger charge is -2.29. The average Bonchev–Trinajstić information content (AvgIpc) is 2.61. The molecule has 2 saturated heterocycles. The molecule has 106 valence electrons. The Bertz CT molecular complexity index is 398. The fourth-order valence-corrected chi connectivity index (χ4v) is 2.68. The minimum atomic E-state index is -0.956. The van der Waals surface area contributed by atoms with Crippen molar-refractivity contribution in [1.82, 2.24) is 15.1 Å². The highest BCUT2D eigenvalue weighted by Gasteiger charge is 2.41. The van der Waals surface area contributed by atoms with Crippen LogP contribution in [0.25, 0.3) is 0 Å². The number of urea groups is 1. The Labute approximate surface area is 111 Å². The van der Waals surface area contributed by atoms with Crippen LogP contribution in [0.2, 0.25) is 0 Å². The maximum Gasteiger partial charge on any atom is 0.326 e. The molecule has 0 aromatic rings. The maximum atomic E-state index is 12.4. The Morgan fingerprint density at radius 3 is 2.74 bits per heavy atom. The first kappa shape index (κ1) is 13.6. The third-order valence-electron chi connectivity index (χ3n) is 3.78. The standard InChI is InChI=1S/C12H19N3O4/c1-8-2-6-15(10(8)11(17)18)12(19)14-5-3-9(16)13-4-7-14/h8,10H,2-7H2,1H3,(H,13,16)(H,17,18). The number of carbonyl (C=O) groups excluding carboxylic acids is 2. The van der Waals surface area contributed by atoms with Crippen molar-refractivity contribution in [3.05, 3.63) is 0 Å². The Hall–Kier alpha value is -1.79. The Morgan fingerprint density at radius 2 is 2.05 bits per heavy atom. The molecule has 0 saturated carbocycles. The predicted molar refractivity (Wildman–Crippen MR) is 66.5 cm³/mol. The van der Waals surface area contributed by atoms with Crippen LogP contribution in [0.5, 0.6) is 0 Å². The minimum absolute atomic E-state index is 0.0341. The van der Waals surface area contributed by atoms with Gasteiger partial charge in [0.2, 0.25) is 5.91 Å². The van der Waals surface area contributed by atoms with E-state index in [1.807, 2.05) is 6.92 Å². The summed E-state index contributed by atoms with van der Waals surface area (Å²) in [6.07, 6.45) is 0.973. The number of hydrogen-bond acceptors (Lipinski definition) is 3. The monoisotopic (exact) mass is 269 g/mol. The van der Waals surface area contributed by atoms with E-state index in [9.17, 15) is 19.5 Å². The van der Waals surface area contributed by atoms with Crippen LogP contribution in [0.15, 0.2) is 0 Å². The third kappa shape index (κ3) is 2.80. The van der Waals surface area contributed by atoms with Gasteiger partial charge in [-0.2, -0.15) is 0 Å². The highest BCUT2D eigenvalue weighted by Crippen LogP contribution is 2.25. The van der Waals surface area contributed by atoms with Crippen molar-refractivity contribution in [2.45, 2.75) is 25.8 Å². The van der Waals surface area contributed by atoms with Crippen molar-refractivity contribution >= 4 is 17.9 Å². The van der Waals surface area contributed by atoms with Crippen LogP contribution in [0.4, 0.5) is 4.79 Å². The van der Waals surface area contributed by atoms with Gasteiger partial charge in [0.05, 0.1) is 0 Å². The lowest BCUT2D eigenvalue weighted by molar-refractivity contribution is -0.142. The highest BCUT2D eigenvalue weighted by atomic mass is 16.4. The molecule has 7 heteroatoms. The van der Waals surface area contributed by atoms with E-state index in [4.69, 9.17) is 0 Å². The van der Waals surface area contributed by atoms with Gasteiger partial charge >= 0.3 is 12.0 Å². The zero-order valence-electron chi connectivity index (χ0n) is 11.0. The number of rotatable bonds is 1. The lowest BCUT2D eigenvalue weighted by atomic mass is 10.0. The van der Waals surface area contributed by atoms with E-state index in [0.29, 0.717) is 32.6 Å². The number of amides is 3. The molecular weight excluding hydrogens is 250 g/mol. The summed E-state index contributed by atoms with van der Waals surface area (Å²) in [5.74, 6) is -1.06. The summed E-state index contributed by atoms with van der Waals surface area (Å²) in [7, 11) is 0. The van der Waals surface area contributed by atoms with Crippen molar-refractivity contribution in [2.24, 2.45) is 5.92 Å². The first-order valence-corrected chi connectivity index (χ1v) is 6.55. The molecule has 0 aliphatic carbocycles. The van der Waals surface area contributed by atoms with Gasteiger partial charge in [-0.15, -0.1) is 0 Å². The van der Waals surface area contributed by atoms with Gasteiger partial charge in [-0.1, -0.05) is 6.92 Å². The zero-order chi connectivity index (χ0) is 14.0. The van der Waals surface area contributed by atoms with Crippen LogP contribution in [-0.2, 0) is 9.59 Å². The quantitative estimate of drug-likeness (QED) is 0.685. The molecule has 3 amide bonds. The first-order chi connectivity index (χ1) is 9.00. The largest absolute Gasteiger partial charge is 0.480 e. The molecule has 2 unspecified atom stereocenters. The number of aliphatic carboxylic acids is 1. The second-order valence-electron chi connectivity index (χ2n) is 5.11. The predicted octanol–water partition coefficient (Wildman–Crippen LogP) is -0.277. The number of carboxylic acids is 1. The van der Waals surface area contributed by atoms with E-state index >= 15 is 0 Å². The van der Waals surface area contributed by atoms with E-state index in [0.717, 1.165) is 0 Å². The molecule has 19 heavy (non-hydrogen) atoms. The van der Waals surface area contributed by atoms with Crippen molar-refractivity contribution < 1.29 is 19.5 Å². The van der Waals surface area contributed by atoms with Gasteiger partial charge in [0.1, 0.15) is 6.04 Å². The van der Waals surface area contributed by atoms with E-state index < -0.39 is 12.0 Å². The van der Waals surface area contributed by atoms with Crippen LogP contribution < -0.4 is 5.32 Å². The van der Waals surface area contributed by atoms with Gasteiger partial charge in [-0.3, -0.25) is 4.79 Å². The van der Waals surface area contributed by atoms with Crippen LogP contribution in [0, 0.1) is 5.92 Å². The van der Waals surface area contributed by atoms with Crippen LogP contribution in [-0.4, -0.2) is 65.0 Å². The van der Waals surface area contributed by atoms with E-state index in [1.54, 1.807) is 4.90 Å². The summed E-state index contributed by atoms with van der Waals surface area (Å²) in [5.41, 5.74) is 0. The molecule has 2 aliphatic rings. The number of hydrogen-bond donors (Lipinski definition) is 2. The molecule has 2 atom stereocenters. The number of carbonyl (C=O) groups is 3. The second-order valence-corrected chi connectivity index (χ2v) is 5.11. The SMILES string of the molecule is CC1CCN(C(=O)N2CCNC(=O)CC2)C1C(=O)O. The molecule has 0 aromatic heterocycles. The lowest BCUT2D eigenvalue weighted by Crippen LogP contribution is -2.50. The summed E-state index contributed by atoms with van der Waals surface area (Å²) in [5, 5.41) is 11.9. The van der Waals surface area contributed by atoms with Crippen molar-refractivity contribution in [3.63, 3.8) is 0 Å². The van der Waals surface area contributed by atoms with Crippen molar-refractivity contribution in [2.75, 3.05) is 26.2 Å². The van der Waals surface area contributed by atoms with E-state index in [1.165, 1.54) is 4.90 Å². The van der Waals surface area contributed by atoms with Gasteiger partial charge in [-0.25, -0.2) is 9.59 Å². The smallest absolute Gasteiger partial charge is 0.326 e. The molecule has 0 aromatic carbocycles. The molecule has 0 bridgehead atoms. The summed E-state index contributed by atoms with van der Waals surface area (Å²) < 4.78 is 0. The van der Waals surface area contributed by atoms with Crippen LogP contribution >= 0.6 is 0 Å². The highest BCUT2D eigenvalue weighted by molar-refractivity contribution is 5.84. The number of nitrogens with zero attached hydrogens (tertiary/aromatic N) is 2. The van der Waals surface area contributed by atoms with Gasteiger partial charge in [0.15, 0.2) is 0 Å². The van der Waals surface area contributed by atoms with E-state index in [-0.39, 0.29) is 24.3 Å². The third-order valence-corrected chi connectivity index (χ3v) is 3.78. The molecule has 2 fully saturated rings. The zero-order valence-corrected chi connectivity index (χ0v) is 11.0. The maximum absolute atomic E-state index is 12.4. The van der Waals surface area contributed by atoms with E-state index in [2.05, 4.69) is 5.32 Å². The molecule has 0 radical (unpaired) electrons. The first-order valence-electron chi connectivity index (χ1n) is 6.55. The fourth-order valence-electron chi connectivity index (χ4n) is 2.68. The Balaban J connectivity index is 2.06. The number of nitrogens with one attached hydrogen (secondary N) is 1. The van der Waals surface area contributed by atoms with Gasteiger partial charge in [-0.05, 0) is 12.3 Å². The summed E-state index contributed by atoms with van der Waals surface area (Å²) in [6.45, 7) is 3.52. The fraction of sp³-hybridized carbons (Fsp3) is 0.750. The Kier molecular flexibility index (Phi) is 3.92. The summed E-state index contributed by atoms with van der Waals surface area (Å²) in [6, 6.07) is -1.02. The van der Waals surface area contributed by atoms with Crippen LogP contribution in [0.1, 0.15) is 19.8 Å². The van der Waals surface area contributed by atoms with Gasteiger partial charge < -0.3 is 20.2 Å². The normalized spacial score (nSPS) is 27.9. The Morgan fingerprint density at radius 1 is 1.32 bits per heavy atom. The molecule has 7 nitrogen and oxygen atoms in total.